The molecule has 49 heavy (non-hydrogen) atoms. The van der Waals surface area contributed by atoms with Crippen LogP contribution in [0.5, 0.6) is 5.88 Å². The number of carboxylic acids is 1. The van der Waals surface area contributed by atoms with Crippen molar-refractivity contribution in [2.24, 2.45) is 0 Å². The highest BCUT2D eigenvalue weighted by atomic mass is 19.1. The molecule has 6 aromatic rings. The summed E-state index contributed by atoms with van der Waals surface area (Å²) in [6.07, 6.45) is 4.66. The lowest BCUT2D eigenvalue weighted by Crippen LogP contribution is -2.31. The lowest BCUT2D eigenvalue weighted by Gasteiger charge is -2.27. The van der Waals surface area contributed by atoms with E-state index in [-0.39, 0.29) is 47.4 Å². The Morgan fingerprint density at radius 2 is 1.76 bits per heavy atom. The smallest absolute Gasteiger partial charge is 0.335 e. The van der Waals surface area contributed by atoms with Crippen LogP contribution in [0.15, 0.2) is 72.9 Å². The highest BCUT2D eigenvalue weighted by molar-refractivity contribution is 5.92. The third-order valence-corrected chi connectivity index (χ3v) is 8.89. The van der Waals surface area contributed by atoms with Crippen molar-refractivity contribution in [1.82, 2.24) is 29.5 Å². The van der Waals surface area contributed by atoms with Crippen molar-refractivity contribution in [1.29, 1.82) is 0 Å². The van der Waals surface area contributed by atoms with Crippen molar-refractivity contribution >= 4 is 17.0 Å². The topological polar surface area (TPSA) is 117 Å². The molecule has 3 aromatic heterocycles. The van der Waals surface area contributed by atoms with Crippen LogP contribution in [0.4, 0.5) is 13.2 Å². The number of fused-ring (bicyclic) bond motifs is 1. The lowest BCUT2D eigenvalue weighted by atomic mass is 10.0. The number of aromatic nitrogens is 6. The summed E-state index contributed by atoms with van der Waals surface area (Å²) in [5, 5.41) is 17.8. The minimum atomic E-state index is -1.07. The number of rotatable bonds is 11. The number of hydrogen-bond acceptors (Lipinski definition) is 7. The molecule has 1 unspecified atom stereocenters. The molecule has 1 saturated carbocycles. The van der Waals surface area contributed by atoms with Crippen LogP contribution in [-0.4, -0.2) is 53.3 Å². The first-order chi connectivity index (χ1) is 23.8. The van der Waals surface area contributed by atoms with Crippen molar-refractivity contribution in [3.8, 4) is 28.4 Å². The number of ether oxygens (including phenoxy) is 2. The van der Waals surface area contributed by atoms with Crippen LogP contribution in [0.1, 0.15) is 52.6 Å². The van der Waals surface area contributed by atoms with Gasteiger partial charge in [0.2, 0.25) is 5.88 Å². The van der Waals surface area contributed by atoms with Crippen LogP contribution in [0.3, 0.4) is 0 Å². The van der Waals surface area contributed by atoms with Crippen LogP contribution >= 0.6 is 0 Å². The molecule has 2 fully saturated rings. The second-order valence-corrected chi connectivity index (χ2v) is 12.3. The SMILES string of the molecule is O=C(O)c1ccc2nc(Cc3cc(F)c(-c4cccc(OCc5ccc(-c6cn(C7CC7)nn6)cc5F)n4)cc3F)n(CC3CCO3)c2c1. The van der Waals surface area contributed by atoms with E-state index in [9.17, 15) is 14.3 Å². The van der Waals surface area contributed by atoms with E-state index >= 15 is 8.78 Å². The van der Waals surface area contributed by atoms with E-state index in [1.807, 2.05) is 10.8 Å². The summed E-state index contributed by atoms with van der Waals surface area (Å²) in [5.74, 6) is -2.33. The summed E-state index contributed by atoms with van der Waals surface area (Å²) in [5.41, 5.74) is 2.87. The fraction of sp³-hybridized carbons (Fsp3) is 0.250. The van der Waals surface area contributed by atoms with Crippen LogP contribution in [0, 0.1) is 17.5 Å². The summed E-state index contributed by atoms with van der Waals surface area (Å²) in [7, 11) is 0. The van der Waals surface area contributed by atoms with Gasteiger partial charge in [-0.15, -0.1) is 5.10 Å². The van der Waals surface area contributed by atoms with Gasteiger partial charge in [0.15, 0.2) is 0 Å². The van der Waals surface area contributed by atoms with Crippen LogP contribution < -0.4 is 4.74 Å². The minimum absolute atomic E-state index is 0.0350. The van der Waals surface area contributed by atoms with E-state index in [0.717, 1.165) is 31.4 Å². The summed E-state index contributed by atoms with van der Waals surface area (Å²) >= 11 is 0. The maximum atomic E-state index is 15.6. The number of carboxylic acid groups (broad SMARTS) is 1. The van der Waals surface area contributed by atoms with Gasteiger partial charge in [-0.3, -0.25) is 0 Å². The molecule has 248 valence electrons. The molecule has 1 saturated heterocycles. The molecule has 1 atom stereocenters. The molecular weight excluding hydrogens is 637 g/mol. The van der Waals surface area contributed by atoms with Crippen molar-refractivity contribution < 1.29 is 32.5 Å². The monoisotopic (exact) mass is 666 g/mol. The fourth-order valence-corrected chi connectivity index (χ4v) is 5.91. The molecule has 3 aromatic carbocycles. The van der Waals surface area contributed by atoms with Gasteiger partial charge >= 0.3 is 5.97 Å². The number of benzene rings is 3. The van der Waals surface area contributed by atoms with Gasteiger partial charge in [-0.25, -0.2) is 32.6 Å². The number of hydrogen-bond donors (Lipinski definition) is 1. The highest BCUT2D eigenvalue weighted by Gasteiger charge is 2.26. The first kappa shape index (κ1) is 30.8. The number of pyridine rings is 1. The molecule has 13 heteroatoms. The molecule has 1 aliphatic heterocycles. The van der Waals surface area contributed by atoms with Gasteiger partial charge < -0.3 is 19.1 Å². The van der Waals surface area contributed by atoms with Gasteiger partial charge in [0, 0.05) is 35.8 Å². The molecule has 0 bridgehead atoms. The molecule has 1 aliphatic carbocycles. The normalized spacial score (nSPS) is 15.8. The van der Waals surface area contributed by atoms with Gasteiger partial charge in [0.25, 0.3) is 0 Å². The van der Waals surface area contributed by atoms with Crippen molar-refractivity contribution in [2.75, 3.05) is 6.61 Å². The van der Waals surface area contributed by atoms with Gasteiger partial charge in [0.05, 0.1) is 47.2 Å². The zero-order valence-corrected chi connectivity index (χ0v) is 26.0. The van der Waals surface area contributed by atoms with Crippen LogP contribution in [0.2, 0.25) is 0 Å². The Kier molecular flexibility index (Phi) is 7.83. The van der Waals surface area contributed by atoms with Gasteiger partial charge in [0.1, 0.15) is 35.6 Å². The van der Waals surface area contributed by atoms with Crippen molar-refractivity contribution in [2.45, 2.75) is 51.0 Å². The molecule has 1 N–H and O–H groups in total. The van der Waals surface area contributed by atoms with Crippen LogP contribution in [0.25, 0.3) is 33.5 Å². The van der Waals surface area contributed by atoms with Crippen molar-refractivity contribution in [3.63, 3.8) is 0 Å². The zero-order chi connectivity index (χ0) is 33.6. The summed E-state index contributed by atoms with van der Waals surface area (Å²) in [6, 6.07) is 16.6. The van der Waals surface area contributed by atoms with E-state index in [1.54, 1.807) is 35.0 Å². The van der Waals surface area contributed by atoms with E-state index in [0.29, 0.717) is 52.9 Å². The van der Waals surface area contributed by atoms with Gasteiger partial charge in [-0.2, -0.15) is 0 Å². The molecule has 2 aliphatic rings. The van der Waals surface area contributed by atoms with E-state index in [2.05, 4.69) is 20.3 Å². The Hall–Kier alpha value is -5.56. The molecular formula is C36H29F3N6O4. The second kappa shape index (κ2) is 12.5. The minimum Gasteiger partial charge on any atom is -0.478 e. The van der Waals surface area contributed by atoms with Crippen molar-refractivity contribution in [3.05, 3.63) is 113 Å². The quantitative estimate of drug-likeness (QED) is 0.161. The summed E-state index contributed by atoms with van der Waals surface area (Å²) in [6.45, 7) is 0.906. The molecule has 0 amide bonds. The first-order valence-corrected chi connectivity index (χ1v) is 15.9. The molecule has 0 radical (unpaired) electrons. The third kappa shape index (κ3) is 6.24. The van der Waals surface area contributed by atoms with Crippen LogP contribution in [-0.2, 0) is 24.3 Å². The fourth-order valence-electron chi connectivity index (χ4n) is 5.91. The van der Waals surface area contributed by atoms with E-state index in [4.69, 9.17) is 9.47 Å². The first-order valence-electron chi connectivity index (χ1n) is 15.9. The number of aromatic carboxylic acids is 1. The average molecular weight is 667 g/mol. The van der Waals surface area contributed by atoms with E-state index < -0.39 is 23.4 Å². The molecule has 0 spiro atoms. The maximum absolute atomic E-state index is 15.6. The standard InChI is InChI=1S/C36H29F3N6O4/c37-27-12-20(32-18-45(43-42-32)24-7-8-24)4-5-22(27)19-49-35-3-1-2-30(41-35)26-16-28(38)23(13-29(26)39)15-34-40-31-9-6-21(36(46)47)14-33(31)44(34)17-25-10-11-48-25/h1-6,9,12-14,16,18,24-25H,7-8,10-11,15,17,19H2,(H,46,47). The zero-order valence-electron chi connectivity index (χ0n) is 26.0. The number of halogens is 3. The predicted octanol–water partition coefficient (Wildman–Crippen LogP) is 6.77. The lowest BCUT2D eigenvalue weighted by molar-refractivity contribution is -0.0589. The number of nitrogens with zero attached hydrogens (tertiary/aromatic N) is 6. The Bertz CT molecular complexity index is 2230. The molecule has 8 rings (SSSR count). The van der Waals surface area contributed by atoms with Gasteiger partial charge in [-0.1, -0.05) is 23.4 Å². The summed E-state index contributed by atoms with van der Waals surface area (Å²) in [4.78, 5) is 20.6. The number of imidazole rings is 1. The maximum Gasteiger partial charge on any atom is 0.335 e. The molecule has 10 nitrogen and oxygen atoms in total. The Balaban J connectivity index is 1.000. The Morgan fingerprint density at radius 3 is 2.51 bits per heavy atom. The molecule has 4 heterocycles. The van der Waals surface area contributed by atoms with E-state index in [1.165, 1.54) is 24.3 Å². The Labute approximate surface area is 277 Å². The number of carbonyl (C=O) groups is 1. The van der Waals surface area contributed by atoms with Gasteiger partial charge in [-0.05, 0) is 67.3 Å². The third-order valence-electron chi connectivity index (χ3n) is 8.89. The largest absolute Gasteiger partial charge is 0.478 e. The Morgan fingerprint density at radius 1 is 0.918 bits per heavy atom. The summed E-state index contributed by atoms with van der Waals surface area (Å²) < 4.78 is 61.1. The average Bonchev–Trinajstić information content (AvgIpc) is 3.70. The second-order valence-electron chi connectivity index (χ2n) is 12.3. The highest BCUT2D eigenvalue weighted by Crippen LogP contribution is 2.35. The predicted molar refractivity (Wildman–Crippen MR) is 171 cm³/mol.